The molecule has 2 aromatic heterocycles. The lowest BCUT2D eigenvalue weighted by molar-refractivity contribution is 0.588. The molecule has 2 heterocycles. The minimum Gasteiger partial charge on any atom is -0.375 e. The summed E-state index contributed by atoms with van der Waals surface area (Å²) in [7, 11) is 0. The highest BCUT2D eigenvalue weighted by Crippen LogP contribution is 2.18. The maximum absolute atomic E-state index is 13.5. The molecule has 6 heteroatoms. The van der Waals surface area contributed by atoms with E-state index < -0.39 is 11.6 Å². The number of pyridine rings is 1. The van der Waals surface area contributed by atoms with E-state index in [2.05, 4.69) is 10.3 Å². The molecule has 4 nitrogen and oxygen atoms in total. The number of benzene rings is 1. The Balaban J connectivity index is 1.91. The Morgan fingerprint density at radius 3 is 2.62 bits per heavy atom. The molecule has 106 valence electrons. The second-order valence-electron chi connectivity index (χ2n) is 4.46. The van der Waals surface area contributed by atoms with E-state index in [9.17, 15) is 13.6 Å². The van der Waals surface area contributed by atoms with Crippen LogP contribution in [0.15, 0.2) is 53.5 Å². The van der Waals surface area contributed by atoms with Crippen LogP contribution in [0.25, 0.3) is 5.65 Å². The fraction of sp³-hybridized carbons (Fsp3) is 0.0667. The summed E-state index contributed by atoms with van der Waals surface area (Å²) in [5.41, 5.74) is 0.420. The largest absolute Gasteiger partial charge is 0.375 e. The van der Waals surface area contributed by atoms with Crippen molar-refractivity contribution in [2.45, 2.75) is 6.54 Å². The van der Waals surface area contributed by atoms with Crippen molar-refractivity contribution in [3.05, 3.63) is 76.3 Å². The lowest BCUT2D eigenvalue weighted by Crippen LogP contribution is -2.16. The average molecular weight is 287 g/mol. The molecule has 0 fully saturated rings. The molecular formula is C15H11F2N3O. The average Bonchev–Trinajstić information content (AvgIpc) is 2.47. The molecule has 3 rings (SSSR count). The van der Waals surface area contributed by atoms with E-state index in [0.29, 0.717) is 11.3 Å². The van der Waals surface area contributed by atoms with Gasteiger partial charge >= 0.3 is 0 Å². The number of hydrogen-bond acceptors (Lipinski definition) is 3. The van der Waals surface area contributed by atoms with Crippen molar-refractivity contribution in [2.75, 3.05) is 5.32 Å². The van der Waals surface area contributed by atoms with Gasteiger partial charge in [-0.2, -0.15) is 0 Å². The van der Waals surface area contributed by atoms with Gasteiger partial charge in [-0.05, 0) is 24.3 Å². The molecule has 0 aliphatic heterocycles. The Labute approximate surface area is 118 Å². The van der Waals surface area contributed by atoms with Gasteiger partial charge in [-0.25, -0.2) is 13.8 Å². The number of fused-ring (bicyclic) bond motifs is 1. The summed E-state index contributed by atoms with van der Waals surface area (Å²) in [6.07, 6.45) is 1.61. The van der Waals surface area contributed by atoms with Crippen molar-refractivity contribution in [2.24, 2.45) is 0 Å². The molecule has 0 aliphatic carbocycles. The van der Waals surface area contributed by atoms with E-state index in [4.69, 9.17) is 0 Å². The van der Waals surface area contributed by atoms with E-state index in [-0.39, 0.29) is 17.8 Å². The SMILES string of the molecule is O=c1cc(CNc2c(F)cccc2F)nc2ccccn12. The topological polar surface area (TPSA) is 46.4 Å². The van der Waals surface area contributed by atoms with Gasteiger partial charge in [0, 0.05) is 12.3 Å². The zero-order valence-corrected chi connectivity index (χ0v) is 10.9. The summed E-state index contributed by atoms with van der Waals surface area (Å²) in [5, 5.41) is 2.63. The number of anilines is 1. The fourth-order valence-corrected chi connectivity index (χ4v) is 2.04. The normalized spacial score (nSPS) is 10.8. The van der Waals surface area contributed by atoms with Gasteiger partial charge in [0.1, 0.15) is 23.0 Å². The molecular weight excluding hydrogens is 276 g/mol. The van der Waals surface area contributed by atoms with Crippen LogP contribution in [0.1, 0.15) is 5.69 Å². The highest BCUT2D eigenvalue weighted by molar-refractivity contribution is 5.46. The van der Waals surface area contributed by atoms with Crippen LogP contribution in [0, 0.1) is 11.6 Å². The van der Waals surface area contributed by atoms with Gasteiger partial charge in [0.15, 0.2) is 0 Å². The Bertz CT molecular complexity index is 841. The molecule has 0 radical (unpaired) electrons. The molecule has 0 unspecified atom stereocenters. The van der Waals surface area contributed by atoms with Crippen LogP contribution in [0.4, 0.5) is 14.5 Å². The standard InChI is InChI=1S/C15H11F2N3O/c16-11-4-3-5-12(17)15(11)18-9-10-8-14(21)20-7-2-1-6-13(20)19-10/h1-8,18H,9H2. The van der Waals surface area contributed by atoms with Crippen LogP contribution in [-0.4, -0.2) is 9.38 Å². The Morgan fingerprint density at radius 2 is 1.86 bits per heavy atom. The van der Waals surface area contributed by atoms with Gasteiger partial charge in [-0.1, -0.05) is 12.1 Å². The Kier molecular flexibility index (Phi) is 3.35. The maximum Gasteiger partial charge on any atom is 0.258 e. The molecule has 0 aliphatic rings. The molecule has 0 bridgehead atoms. The molecule has 0 amide bonds. The summed E-state index contributed by atoms with van der Waals surface area (Å²) in [4.78, 5) is 16.2. The van der Waals surface area contributed by atoms with Crippen molar-refractivity contribution in [3.8, 4) is 0 Å². The highest BCUT2D eigenvalue weighted by atomic mass is 19.1. The predicted molar refractivity (Wildman–Crippen MR) is 75.1 cm³/mol. The number of hydrogen-bond donors (Lipinski definition) is 1. The third kappa shape index (κ3) is 2.60. The summed E-state index contributed by atoms with van der Waals surface area (Å²) in [6, 6.07) is 10.1. The predicted octanol–water partition coefficient (Wildman–Crippen LogP) is 2.58. The zero-order chi connectivity index (χ0) is 14.8. The lowest BCUT2D eigenvalue weighted by Gasteiger charge is -2.08. The number of halogens is 2. The van der Waals surface area contributed by atoms with Crippen molar-refractivity contribution in [1.82, 2.24) is 9.38 Å². The number of nitrogens with one attached hydrogen (secondary N) is 1. The third-order valence-corrected chi connectivity index (χ3v) is 3.03. The molecule has 0 saturated carbocycles. The van der Waals surface area contributed by atoms with E-state index in [0.717, 1.165) is 12.1 Å². The van der Waals surface area contributed by atoms with Crippen LogP contribution >= 0.6 is 0 Å². The number of nitrogens with zero attached hydrogens (tertiary/aromatic N) is 2. The van der Waals surface area contributed by atoms with Crippen molar-refractivity contribution in [3.63, 3.8) is 0 Å². The lowest BCUT2D eigenvalue weighted by atomic mass is 10.2. The molecule has 0 spiro atoms. The summed E-state index contributed by atoms with van der Waals surface area (Å²) in [5.74, 6) is -1.37. The van der Waals surface area contributed by atoms with Gasteiger partial charge in [0.05, 0.1) is 12.2 Å². The summed E-state index contributed by atoms with van der Waals surface area (Å²) >= 11 is 0. The Morgan fingerprint density at radius 1 is 1.10 bits per heavy atom. The van der Waals surface area contributed by atoms with E-state index >= 15 is 0 Å². The number of para-hydroxylation sites is 1. The number of rotatable bonds is 3. The second kappa shape index (κ2) is 5.32. The van der Waals surface area contributed by atoms with Crippen LogP contribution in [-0.2, 0) is 6.54 Å². The molecule has 0 saturated heterocycles. The van der Waals surface area contributed by atoms with Gasteiger partial charge in [0.2, 0.25) is 0 Å². The van der Waals surface area contributed by atoms with E-state index in [1.54, 1.807) is 24.4 Å². The van der Waals surface area contributed by atoms with Crippen LogP contribution in [0.3, 0.4) is 0 Å². The van der Waals surface area contributed by atoms with Crippen LogP contribution in [0.5, 0.6) is 0 Å². The first-order valence-corrected chi connectivity index (χ1v) is 6.30. The summed E-state index contributed by atoms with van der Waals surface area (Å²) < 4.78 is 28.4. The van der Waals surface area contributed by atoms with E-state index in [1.165, 1.54) is 16.5 Å². The first-order valence-electron chi connectivity index (χ1n) is 6.30. The van der Waals surface area contributed by atoms with Gasteiger partial charge in [0.25, 0.3) is 5.56 Å². The molecule has 1 aromatic carbocycles. The van der Waals surface area contributed by atoms with E-state index in [1.807, 2.05) is 0 Å². The first-order chi connectivity index (χ1) is 10.1. The first kappa shape index (κ1) is 13.2. The van der Waals surface area contributed by atoms with Crippen molar-refractivity contribution < 1.29 is 8.78 Å². The zero-order valence-electron chi connectivity index (χ0n) is 10.9. The van der Waals surface area contributed by atoms with Crippen molar-refractivity contribution in [1.29, 1.82) is 0 Å². The molecule has 1 N–H and O–H groups in total. The molecule has 3 aromatic rings. The molecule has 21 heavy (non-hydrogen) atoms. The second-order valence-corrected chi connectivity index (χ2v) is 4.46. The van der Waals surface area contributed by atoms with Gasteiger partial charge in [-0.15, -0.1) is 0 Å². The monoisotopic (exact) mass is 287 g/mol. The van der Waals surface area contributed by atoms with Crippen LogP contribution < -0.4 is 10.9 Å². The quantitative estimate of drug-likeness (QED) is 0.805. The molecule has 0 atom stereocenters. The third-order valence-electron chi connectivity index (χ3n) is 3.03. The minimum absolute atomic E-state index is 0.0541. The summed E-state index contributed by atoms with van der Waals surface area (Å²) in [6.45, 7) is 0.0541. The highest BCUT2D eigenvalue weighted by Gasteiger charge is 2.08. The maximum atomic E-state index is 13.5. The minimum atomic E-state index is -0.687. The smallest absolute Gasteiger partial charge is 0.258 e. The van der Waals surface area contributed by atoms with Gasteiger partial charge in [-0.3, -0.25) is 9.20 Å². The number of aromatic nitrogens is 2. The fourth-order valence-electron chi connectivity index (χ4n) is 2.04. The Hall–Kier alpha value is -2.76. The van der Waals surface area contributed by atoms with Gasteiger partial charge < -0.3 is 5.32 Å². The van der Waals surface area contributed by atoms with Crippen LogP contribution in [0.2, 0.25) is 0 Å². The van der Waals surface area contributed by atoms with Crippen molar-refractivity contribution >= 4 is 11.3 Å².